The zero-order chi connectivity index (χ0) is 28.3. The Morgan fingerprint density at radius 1 is 0.900 bits per heavy atom. The Hall–Kier alpha value is -1.37. The zero-order valence-corrected chi connectivity index (χ0v) is 24.5. The fraction of sp³-hybridized carbons (Fsp3) is 0.765. The summed E-state index contributed by atoms with van der Waals surface area (Å²) in [5.74, 6) is -0.339. The smallest absolute Gasteiger partial charge is 0.380 e. The molecule has 1 spiro atoms. The van der Waals surface area contributed by atoms with Crippen molar-refractivity contribution >= 4 is 0 Å². The van der Waals surface area contributed by atoms with Gasteiger partial charge in [-0.1, -0.05) is 63.1 Å². The van der Waals surface area contributed by atoms with Crippen LogP contribution >= 0.6 is 0 Å². The molecule has 6 atom stereocenters. The van der Waals surface area contributed by atoms with Crippen molar-refractivity contribution in [3.63, 3.8) is 0 Å². The predicted molar refractivity (Wildman–Crippen MR) is 148 cm³/mol. The molecule has 0 aromatic heterocycles. The van der Waals surface area contributed by atoms with Crippen molar-refractivity contribution in [3.05, 3.63) is 46.5 Å². The third-order valence-corrected chi connectivity index (χ3v) is 12.4. The fourth-order valence-electron chi connectivity index (χ4n) is 9.60. The summed E-state index contributed by atoms with van der Waals surface area (Å²) in [6.45, 7) is 9.77. The summed E-state index contributed by atoms with van der Waals surface area (Å²) in [4.78, 5) is 0. The quantitative estimate of drug-likeness (QED) is 0.372. The third kappa shape index (κ3) is 3.94. The number of fused-ring (bicyclic) bond motifs is 4. The van der Waals surface area contributed by atoms with Crippen molar-refractivity contribution in [3.8, 4) is 0 Å². The lowest BCUT2D eigenvalue weighted by Crippen LogP contribution is -2.59. The lowest BCUT2D eigenvalue weighted by Gasteiger charge is -2.57. The Kier molecular flexibility index (Phi) is 5.90. The number of halogens is 3. The average molecular weight is 559 g/mol. The van der Waals surface area contributed by atoms with Crippen LogP contribution in [0.4, 0.5) is 13.2 Å². The van der Waals surface area contributed by atoms with Crippen LogP contribution in [0.25, 0.3) is 0 Å². The van der Waals surface area contributed by atoms with Crippen LogP contribution in [0.5, 0.6) is 0 Å². The largest absolute Gasteiger partial charge is 0.417 e. The van der Waals surface area contributed by atoms with Gasteiger partial charge in [-0.3, -0.25) is 0 Å². The third-order valence-electron chi connectivity index (χ3n) is 12.4. The van der Waals surface area contributed by atoms with Gasteiger partial charge in [0.15, 0.2) is 11.4 Å². The highest BCUT2D eigenvalue weighted by Crippen LogP contribution is 2.70. The summed E-state index contributed by atoms with van der Waals surface area (Å²) in [7, 11) is 0. The lowest BCUT2D eigenvalue weighted by molar-refractivity contribution is -0.312. The topological polar surface area (TPSA) is 38.7 Å². The van der Waals surface area contributed by atoms with Crippen molar-refractivity contribution in [2.24, 2.45) is 28.6 Å². The van der Waals surface area contributed by atoms with Gasteiger partial charge in [0, 0.05) is 29.6 Å². The summed E-state index contributed by atoms with van der Waals surface area (Å²) in [5, 5.41) is 11.4. The maximum Gasteiger partial charge on any atom is 0.417 e. The number of aliphatic hydroxyl groups is 1. The molecule has 5 fully saturated rings. The second kappa shape index (κ2) is 8.60. The number of hydrogen-bond donors (Lipinski definition) is 1. The molecule has 0 amide bonds. The van der Waals surface area contributed by atoms with E-state index in [0.29, 0.717) is 32.0 Å². The molecular formula is C34H45F3O3. The van der Waals surface area contributed by atoms with E-state index in [-0.39, 0.29) is 35.0 Å². The van der Waals surface area contributed by atoms with Gasteiger partial charge in [0.25, 0.3) is 0 Å². The minimum Gasteiger partial charge on any atom is -0.380 e. The van der Waals surface area contributed by atoms with Crippen LogP contribution in [0.1, 0.15) is 109 Å². The molecule has 220 valence electrons. The lowest BCUT2D eigenvalue weighted by atomic mass is 9.50. The number of benzene rings is 1. The Balaban J connectivity index is 1.31. The SMILES string of the molecule is CC1(C)COC2(CCC3=C4C(c5cccc(C6(C)CC6)c5)CC5(C)C(CC[C@@]5(O)C(F)(F)F)C4CCC3C2)OC1. The van der Waals surface area contributed by atoms with E-state index in [4.69, 9.17) is 9.47 Å². The normalized spacial score (nSPS) is 41.3. The first-order valence-corrected chi connectivity index (χ1v) is 15.6. The van der Waals surface area contributed by atoms with Crippen molar-refractivity contribution in [2.75, 3.05) is 13.2 Å². The summed E-state index contributed by atoms with van der Waals surface area (Å²) < 4.78 is 56.6. The van der Waals surface area contributed by atoms with Gasteiger partial charge in [0.05, 0.1) is 13.2 Å². The number of alkyl halides is 3. The highest BCUT2D eigenvalue weighted by atomic mass is 19.4. The Bertz CT molecular complexity index is 1220. The van der Waals surface area contributed by atoms with E-state index >= 15 is 0 Å². The molecular weight excluding hydrogens is 513 g/mol. The molecule has 3 nitrogen and oxygen atoms in total. The van der Waals surface area contributed by atoms with Crippen LogP contribution < -0.4 is 0 Å². The maximum absolute atomic E-state index is 14.6. The minimum absolute atomic E-state index is 0.0154. The molecule has 4 saturated carbocycles. The average Bonchev–Trinajstić information content (AvgIpc) is 3.60. The predicted octanol–water partition coefficient (Wildman–Crippen LogP) is 8.21. The monoisotopic (exact) mass is 558 g/mol. The second-order valence-electron chi connectivity index (χ2n) is 15.6. The van der Waals surface area contributed by atoms with Crippen LogP contribution in [0.2, 0.25) is 0 Å². The van der Waals surface area contributed by atoms with E-state index < -0.39 is 23.0 Å². The first-order chi connectivity index (χ1) is 18.7. The molecule has 6 heteroatoms. The fourth-order valence-corrected chi connectivity index (χ4v) is 9.60. The van der Waals surface area contributed by atoms with Crippen LogP contribution in [-0.4, -0.2) is 35.9 Å². The van der Waals surface area contributed by atoms with Crippen molar-refractivity contribution in [1.82, 2.24) is 0 Å². The Morgan fingerprint density at radius 3 is 2.30 bits per heavy atom. The summed E-state index contributed by atoms with van der Waals surface area (Å²) >= 11 is 0. The molecule has 6 aliphatic rings. The number of ether oxygens (including phenoxy) is 2. The van der Waals surface area contributed by atoms with Crippen LogP contribution in [0, 0.1) is 28.6 Å². The van der Waals surface area contributed by atoms with Gasteiger partial charge in [-0.15, -0.1) is 0 Å². The molecule has 5 unspecified atom stereocenters. The number of allylic oxidation sites excluding steroid dienone is 2. The molecule has 1 N–H and O–H groups in total. The van der Waals surface area contributed by atoms with Crippen LogP contribution in [-0.2, 0) is 14.9 Å². The second-order valence-corrected chi connectivity index (χ2v) is 15.6. The summed E-state index contributed by atoms with van der Waals surface area (Å²) in [5.41, 5.74) is 1.69. The van der Waals surface area contributed by atoms with E-state index in [0.717, 1.165) is 50.5 Å². The Morgan fingerprint density at radius 2 is 1.62 bits per heavy atom. The van der Waals surface area contributed by atoms with E-state index in [9.17, 15) is 18.3 Å². The molecule has 7 rings (SSSR count). The van der Waals surface area contributed by atoms with Gasteiger partial charge in [0.2, 0.25) is 0 Å². The van der Waals surface area contributed by atoms with Gasteiger partial charge in [0.1, 0.15) is 0 Å². The first-order valence-electron chi connectivity index (χ1n) is 15.6. The molecule has 5 aliphatic carbocycles. The van der Waals surface area contributed by atoms with Gasteiger partial charge in [-0.05, 0) is 85.7 Å². The standard InChI is InChI=1S/C34H45F3O3/c1-29(2)19-39-32(40-20-29)12-10-24-22(17-32)8-9-25-27-11-13-33(38,34(35,36)37)31(27,4)18-26(28(24)25)21-6-5-7-23(16-21)30(3)14-15-30/h5-7,16,22,25-27,38H,8-15,17-20H2,1-4H3/t22?,25?,26?,27?,31?,33-/m0/s1. The van der Waals surface area contributed by atoms with E-state index in [1.807, 2.05) is 0 Å². The van der Waals surface area contributed by atoms with Crippen molar-refractivity contribution in [1.29, 1.82) is 0 Å². The van der Waals surface area contributed by atoms with E-state index in [2.05, 4.69) is 45.0 Å². The Labute approximate surface area is 236 Å². The molecule has 1 aromatic carbocycles. The number of hydrogen-bond acceptors (Lipinski definition) is 3. The minimum atomic E-state index is -4.63. The molecule has 1 aliphatic heterocycles. The molecule has 0 radical (unpaired) electrons. The van der Waals surface area contributed by atoms with Crippen molar-refractivity contribution in [2.45, 2.75) is 121 Å². The first kappa shape index (κ1) is 27.5. The van der Waals surface area contributed by atoms with Crippen molar-refractivity contribution < 1.29 is 27.8 Å². The molecule has 1 heterocycles. The van der Waals surface area contributed by atoms with E-state index in [1.54, 1.807) is 6.92 Å². The van der Waals surface area contributed by atoms with E-state index in [1.165, 1.54) is 16.7 Å². The molecule has 1 aromatic rings. The molecule has 1 saturated heterocycles. The summed E-state index contributed by atoms with van der Waals surface area (Å²) in [6.07, 6.45) is 2.67. The van der Waals surface area contributed by atoms with Crippen LogP contribution in [0.3, 0.4) is 0 Å². The maximum atomic E-state index is 14.6. The van der Waals surface area contributed by atoms with Gasteiger partial charge in [-0.2, -0.15) is 13.2 Å². The molecule has 0 bridgehead atoms. The van der Waals surface area contributed by atoms with Crippen LogP contribution in [0.15, 0.2) is 35.4 Å². The van der Waals surface area contributed by atoms with Gasteiger partial charge in [-0.25, -0.2) is 0 Å². The number of rotatable bonds is 2. The van der Waals surface area contributed by atoms with Gasteiger partial charge >= 0.3 is 6.18 Å². The highest BCUT2D eigenvalue weighted by molar-refractivity contribution is 5.44. The highest BCUT2D eigenvalue weighted by Gasteiger charge is 2.72. The summed E-state index contributed by atoms with van der Waals surface area (Å²) in [6, 6.07) is 8.72. The molecule has 40 heavy (non-hydrogen) atoms. The zero-order valence-electron chi connectivity index (χ0n) is 24.5. The van der Waals surface area contributed by atoms with Gasteiger partial charge < -0.3 is 14.6 Å².